The standard InChI is InChI=1S/C20H26ClN5.HI/c21-17-7-5-6-16(14-17)19(26-12-3-4-13-26)15-25-20(22)24-11-9-18-8-1-2-10-23-18;/h1-2,5-8,10,14,19H,3-4,9,11-13,15H2,(H3,22,24,25);1H. The Morgan fingerprint density at radius 2 is 2.04 bits per heavy atom. The number of aromatic nitrogens is 1. The van der Waals surface area contributed by atoms with Gasteiger partial charge in [0, 0.05) is 29.9 Å². The number of likely N-dealkylation sites (tertiary alicyclic amines) is 1. The summed E-state index contributed by atoms with van der Waals surface area (Å²) in [5.41, 5.74) is 8.31. The van der Waals surface area contributed by atoms with Crippen LogP contribution in [0.5, 0.6) is 0 Å². The average Bonchev–Trinajstić information content (AvgIpc) is 3.17. The molecule has 1 aromatic carbocycles. The van der Waals surface area contributed by atoms with Crippen molar-refractivity contribution in [1.29, 1.82) is 0 Å². The van der Waals surface area contributed by atoms with Crippen molar-refractivity contribution < 1.29 is 0 Å². The predicted octanol–water partition coefficient (Wildman–Crippen LogP) is 3.64. The van der Waals surface area contributed by atoms with Crippen LogP contribution in [-0.2, 0) is 6.42 Å². The van der Waals surface area contributed by atoms with E-state index in [0.717, 1.165) is 36.8 Å². The number of nitrogens with zero attached hydrogens (tertiary/aromatic N) is 3. The SMILES string of the molecule is I.NC(=NCC(c1cccc(Cl)c1)N1CCCC1)NCCc1ccccn1. The fourth-order valence-electron chi connectivity index (χ4n) is 3.30. The molecule has 1 saturated heterocycles. The number of halogens is 2. The molecule has 1 atom stereocenters. The highest BCUT2D eigenvalue weighted by atomic mass is 127. The number of hydrogen-bond donors (Lipinski definition) is 2. The van der Waals surface area contributed by atoms with Crippen LogP contribution in [0.2, 0.25) is 5.02 Å². The quantitative estimate of drug-likeness (QED) is 0.347. The third kappa shape index (κ3) is 6.93. The van der Waals surface area contributed by atoms with Crippen LogP contribution >= 0.6 is 35.6 Å². The van der Waals surface area contributed by atoms with Gasteiger partial charge in [0.2, 0.25) is 0 Å². The molecule has 1 aliphatic rings. The molecule has 5 nitrogen and oxygen atoms in total. The Kier molecular flexibility index (Phi) is 9.30. The Bertz CT molecular complexity index is 719. The summed E-state index contributed by atoms with van der Waals surface area (Å²) in [4.78, 5) is 11.4. The first kappa shape index (κ1) is 21.9. The number of nitrogens with two attached hydrogens (primary N) is 1. The lowest BCUT2D eigenvalue weighted by Gasteiger charge is -2.26. The lowest BCUT2D eigenvalue weighted by atomic mass is 10.1. The zero-order valence-electron chi connectivity index (χ0n) is 15.4. The summed E-state index contributed by atoms with van der Waals surface area (Å²) < 4.78 is 0. The minimum absolute atomic E-state index is 0. The molecular formula is C20H27ClIN5. The summed E-state index contributed by atoms with van der Waals surface area (Å²) in [7, 11) is 0. The van der Waals surface area contributed by atoms with Gasteiger partial charge in [-0.15, -0.1) is 24.0 Å². The smallest absolute Gasteiger partial charge is 0.188 e. The molecule has 27 heavy (non-hydrogen) atoms. The number of aliphatic imine (C=N–C) groups is 1. The van der Waals surface area contributed by atoms with E-state index in [2.05, 4.69) is 26.3 Å². The topological polar surface area (TPSA) is 66.5 Å². The molecule has 0 bridgehead atoms. The van der Waals surface area contributed by atoms with Gasteiger partial charge in [0.15, 0.2) is 5.96 Å². The van der Waals surface area contributed by atoms with E-state index in [-0.39, 0.29) is 30.0 Å². The van der Waals surface area contributed by atoms with Crippen LogP contribution < -0.4 is 11.1 Å². The Morgan fingerprint density at radius 1 is 1.22 bits per heavy atom. The van der Waals surface area contributed by atoms with E-state index in [4.69, 9.17) is 17.3 Å². The maximum Gasteiger partial charge on any atom is 0.188 e. The van der Waals surface area contributed by atoms with Gasteiger partial charge in [-0.05, 0) is 55.8 Å². The summed E-state index contributed by atoms with van der Waals surface area (Å²) in [6.07, 6.45) is 5.09. The lowest BCUT2D eigenvalue weighted by molar-refractivity contribution is 0.252. The van der Waals surface area contributed by atoms with E-state index in [9.17, 15) is 0 Å². The van der Waals surface area contributed by atoms with Gasteiger partial charge in [-0.3, -0.25) is 14.9 Å². The van der Waals surface area contributed by atoms with E-state index in [1.807, 2.05) is 36.4 Å². The molecule has 2 aromatic rings. The van der Waals surface area contributed by atoms with Crippen LogP contribution in [0.1, 0.15) is 30.1 Å². The van der Waals surface area contributed by atoms with Crippen LogP contribution in [0.4, 0.5) is 0 Å². The maximum atomic E-state index is 6.19. The first-order valence-corrected chi connectivity index (χ1v) is 9.53. The summed E-state index contributed by atoms with van der Waals surface area (Å²) in [5.74, 6) is 0.479. The molecule has 146 valence electrons. The zero-order valence-corrected chi connectivity index (χ0v) is 18.4. The molecule has 7 heteroatoms. The second-order valence-electron chi connectivity index (χ2n) is 6.54. The van der Waals surface area contributed by atoms with Crippen LogP contribution in [0.25, 0.3) is 0 Å². The van der Waals surface area contributed by atoms with E-state index < -0.39 is 0 Å². The average molecular weight is 500 g/mol. The second-order valence-corrected chi connectivity index (χ2v) is 6.97. The predicted molar refractivity (Wildman–Crippen MR) is 123 cm³/mol. The number of nitrogens with one attached hydrogen (secondary N) is 1. The van der Waals surface area contributed by atoms with Gasteiger partial charge in [0.25, 0.3) is 0 Å². The van der Waals surface area contributed by atoms with Crippen molar-refractivity contribution in [1.82, 2.24) is 15.2 Å². The molecule has 0 spiro atoms. The first-order chi connectivity index (χ1) is 12.7. The van der Waals surface area contributed by atoms with Crippen molar-refractivity contribution in [2.45, 2.75) is 25.3 Å². The molecule has 1 fully saturated rings. The molecular weight excluding hydrogens is 473 g/mol. The summed E-state index contributed by atoms with van der Waals surface area (Å²) in [6.45, 7) is 3.54. The Balaban J connectivity index is 0.00000261. The normalized spacial score (nSPS) is 16.0. The van der Waals surface area contributed by atoms with Gasteiger partial charge in [-0.2, -0.15) is 0 Å². The largest absolute Gasteiger partial charge is 0.370 e. The highest BCUT2D eigenvalue weighted by Crippen LogP contribution is 2.27. The van der Waals surface area contributed by atoms with Crippen LogP contribution in [-0.4, -0.2) is 42.0 Å². The monoisotopic (exact) mass is 499 g/mol. The number of benzene rings is 1. The molecule has 0 radical (unpaired) electrons. The second kappa shape index (κ2) is 11.5. The van der Waals surface area contributed by atoms with Gasteiger partial charge < -0.3 is 11.1 Å². The number of guanidine groups is 1. The fourth-order valence-corrected chi connectivity index (χ4v) is 3.50. The van der Waals surface area contributed by atoms with E-state index in [1.165, 1.54) is 18.4 Å². The zero-order chi connectivity index (χ0) is 18.2. The third-order valence-electron chi connectivity index (χ3n) is 4.66. The molecule has 2 heterocycles. The molecule has 1 aromatic heterocycles. The van der Waals surface area contributed by atoms with E-state index in [1.54, 1.807) is 6.20 Å². The van der Waals surface area contributed by atoms with Crippen molar-refractivity contribution in [2.24, 2.45) is 10.7 Å². The Hall–Kier alpha value is -1.38. The van der Waals surface area contributed by atoms with Crippen molar-refractivity contribution in [2.75, 3.05) is 26.2 Å². The van der Waals surface area contributed by atoms with Crippen LogP contribution in [0.3, 0.4) is 0 Å². The van der Waals surface area contributed by atoms with Crippen molar-refractivity contribution in [3.8, 4) is 0 Å². The molecule has 0 amide bonds. The number of rotatable bonds is 7. The van der Waals surface area contributed by atoms with Gasteiger partial charge in [-0.1, -0.05) is 29.8 Å². The molecule has 3 N–H and O–H groups in total. The minimum atomic E-state index is 0. The summed E-state index contributed by atoms with van der Waals surface area (Å²) in [6, 6.07) is 14.2. The van der Waals surface area contributed by atoms with Crippen molar-refractivity contribution in [3.05, 3.63) is 64.9 Å². The first-order valence-electron chi connectivity index (χ1n) is 9.15. The highest BCUT2D eigenvalue weighted by Gasteiger charge is 2.23. The molecule has 1 unspecified atom stereocenters. The van der Waals surface area contributed by atoms with Crippen molar-refractivity contribution >= 4 is 41.5 Å². The van der Waals surface area contributed by atoms with E-state index >= 15 is 0 Å². The Labute approximate surface area is 183 Å². The fraction of sp³-hybridized carbons (Fsp3) is 0.400. The van der Waals surface area contributed by atoms with Gasteiger partial charge >= 0.3 is 0 Å². The van der Waals surface area contributed by atoms with Gasteiger partial charge in [-0.25, -0.2) is 0 Å². The van der Waals surface area contributed by atoms with Crippen molar-refractivity contribution in [3.63, 3.8) is 0 Å². The molecule has 0 aliphatic carbocycles. The number of hydrogen-bond acceptors (Lipinski definition) is 3. The molecule has 0 saturated carbocycles. The minimum Gasteiger partial charge on any atom is -0.370 e. The third-order valence-corrected chi connectivity index (χ3v) is 4.90. The molecule has 1 aliphatic heterocycles. The number of pyridine rings is 1. The Morgan fingerprint density at radius 3 is 2.74 bits per heavy atom. The van der Waals surface area contributed by atoms with Crippen LogP contribution in [0.15, 0.2) is 53.7 Å². The summed E-state index contributed by atoms with van der Waals surface area (Å²) >= 11 is 6.19. The molecule has 3 rings (SSSR count). The lowest BCUT2D eigenvalue weighted by Crippen LogP contribution is -2.35. The van der Waals surface area contributed by atoms with Gasteiger partial charge in [0.05, 0.1) is 12.6 Å². The van der Waals surface area contributed by atoms with Gasteiger partial charge in [0.1, 0.15) is 0 Å². The maximum absolute atomic E-state index is 6.19. The van der Waals surface area contributed by atoms with Crippen LogP contribution in [0, 0.1) is 0 Å². The summed E-state index contributed by atoms with van der Waals surface area (Å²) in [5, 5.41) is 3.94. The van der Waals surface area contributed by atoms with E-state index in [0.29, 0.717) is 12.5 Å². The highest BCUT2D eigenvalue weighted by molar-refractivity contribution is 14.0.